The van der Waals surface area contributed by atoms with Gasteiger partial charge in [0.1, 0.15) is 5.82 Å². The first kappa shape index (κ1) is 15.9. The summed E-state index contributed by atoms with van der Waals surface area (Å²) in [6.07, 6.45) is 3.73. The van der Waals surface area contributed by atoms with Crippen LogP contribution >= 0.6 is 11.6 Å². The van der Waals surface area contributed by atoms with E-state index in [0.29, 0.717) is 0 Å². The lowest BCUT2D eigenvalue weighted by atomic mass is 10.0. The first-order valence-corrected chi connectivity index (χ1v) is 7.76. The van der Waals surface area contributed by atoms with Crippen molar-refractivity contribution >= 4 is 11.6 Å². The van der Waals surface area contributed by atoms with Crippen LogP contribution < -0.4 is 5.32 Å². The molecule has 0 saturated carbocycles. The molecule has 1 heterocycles. The maximum Gasteiger partial charge on any atom is 0.125 e. The molecule has 4 heteroatoms. The van der Waals surface area contributed by atoms with Crippen LogP contribution in [0.4, 0.5) is 0 Å². The van der Waals surface area contributed by atoms with Gasteiger partial charge in [0.25, 0.3) is 0 Å². The van der Waals surface area contributed by atoms with Crippen molar-refractivity contribution in [3.63, 3.8) is 0 Å². The maximum absolute atomic E-state index is 6.37. The van der Waals surface area contributed by atoms with E-state index in [4.69, 9.17) is 11.6 Å². The first-order chi connectivity index (χ1) is 10.1. The second-order valence-electron chi connectivity index (χ2n) is 5.33. The highest BCUT2D eigenvalue weighted by Gasteiger charge is 2.15. The van der Waals surface area contributed by atoms with Gasteiger partial charge < -0.3 is 5.32 Å². The van der Waals surface area contributed by atoms with Crippen LogP contribution in [0.1, 0.15) is 42.0 Å². The normalized spacial score (nSPS) is 12.4. The first-order valence-electron chi connectivity index (χ1n) is 7.38. The molecular weight excluding hydrogens is 282 g/mol. The van der Waals surface area contributed by atoms with Gasteiger partial charge in [-0.05, 0) is 56.5 Å². The Morgan fingerprint density at radius 3 is 2.71 bits per heavy atom. The van der Waals surface area contributed by atoms with Crippen molar-refractivity contribution in [2.45, 2.75) is 39.7 Å². The van der Waals surface area contributed by atoms with Crippen LogP contribution in [-0.2, 0) is 6.42 Å². The van der Waals surface area contributed by atoms with E-state index in [1.807, 2.05) is 25.3 Å². The average molecular weight is 304 g/mol. The molecule has 2 rings (SSSR count). The molecule has 1 aromatic carbocycles. The smallest absolute Gasteiger partial charge is 0.125 e. The Morgan fingerprint density at radius 1 is 1.24 bits per heavy atom. The van der Waals surface area contributed by atoms with Crippen LogP contribution in [0.2, 0.25) is 5.02 Å². The van der Waals surface area contributed by atoms with Crippen LogP contribution in [0.3, 0.4) is 0 Å². The third kappa shape index (κ3) is 4.51. The highest BCUT2D eigenvalue weighted by Crippen LogP contribution is 2.23. The van der Waals surface area contributed by atoms with Crippen molar-refractivity contribution in [2.75, 3.05) is 6.54 Å². The Kier molecular flexibility index (Phi) is 5.71. The summed E-state index contributed by atoms with van der Waals surface area (Å²) in [5, 5.41) is 4.38. The zero-order valence-corrected chi connectivity index (χ0v) is 13.6. The summed E-state index contributed by atoms with van der Waals surface area (Å²) in [7, 11) is 0. The van der Waals surface area contributed by atoms with Gasteiger partial charge in [-0.3, -0.25) is 0 Å². The third-order valence-electron chi connectivity index (χ3n) is 3.43. The molecule has 0 aliphatic rings. The van der Waals surface area contributed by atoms with E-state index >= 15 is 0 Å². The van der Waals surface area contributed by atoms with Crippen molar-refractivity contribution in [1.82, 2.24) is 15.3 Å². The van der Waals surface area contributed by atoms with E-state index in [9.17, 15) is 0 Å². The zero-order valence-electron chi connectivity index (χ0n) is 12.9. The van der Waals surface area contributed by atoms with Crippen LogP contribution in [-0.4, -0.2) is 16.5 Å². The molecule has 1 aromatic heterocycles. The SMILES string of the molecule is CCCNC(Cc1ccc(C)cc1Cl)c1ccnc(C)n1. The lowest BCUT2D eigenvalue weighted by Gasteiger charge is -2.19. The third-order valence-corrected chi connectivity index (χ3v) is 3.78. The Bertz CT molecular complexity index is 598. The van der Waals surface area contributed by atoms with Crippen LogP contribution in [0.15, 0.2) is 30.5 Å². The van der Waals surface area contributed by atoms with Gasteiger partial charge in [-0.25, -0.2) is 9.97 Å². The fourth-order valence-electron chi connectivity index (χ4n) is 2.31. The van der Waals surface area contributed by atoms with Crippen LogP contribution in [0, 0.1) is 13.8 Å². The van der Waals surface area contributed by atoms with E-state index in [-0.39, 0.29) is 6.04 Å². The molecule has 0 aliphatic carbocycles. The average Bonchev–Trinajstić information content (AvgIpc) is 2.45. The van der Waals surface area contributed by atoms with E-state index in [1.54, 1.807) is 0 Å². The van der Waals surface area contributed by atoms with Gasteiger partial charge in [-0.15, -0.1) is 0 Å². The minimum Gasteiger partial charge on any atom is -0.308 e. The van der Waals surface area contributed by atoms with Crippen LogP contribution in [0.5, 0.6) is 0 Å². The molecule has 0 amide bonds. The molecule has 21 heavy (non-hydrogen) atoms. The number of aryl methyl sites for hydroxylation is 2. The number of aromatic nitrogens is 2. The molecule has 1 N–H and O–H groups in total. The van der Waals surface area contributed by atoms with Crippen molar-refractivity contribution in [1.29, 1.82) is 0 Å². The molecule has 0 radical (unpaired) electrons. The van der Waals surface area contributed by atoms with Gasteiger partial charge in [0, 0.05) is 11.2 Å². The van der Waals surface area contributed by atoms with Crippen molar-refractivity contribution in [3.8, 4) is 0 Å². The monoisotopic (exact) mass is 303 g/mol. The summed E-state index contributed by atoms with van der Waals surface area (Å²) in [5.74, 6) is 0.797. The Morgan fingerprint density at radius 2 is 2.05 bits per heavy atom. The topological polar surface area (TPSA) is 37.8 Å². The fourth-order valence-corrected chi connectivity index (χ4v) is 2.62. The lowest BCUT2D eigenvalue weighted by Crippen LogP contribution is -2.25. The number of hydrogen-bond acceptors (Lipinski definition) is 3. The molecule has 1 atom stereocenters. The van der Waals surface area contributed by atoms with Gasteiger partial charge in [-0.1, -0.05) is 30.7 Å². The molecular formula is C17H22ClN3. The number of halogens is 1. The quantitative estimate of drug-likeness (QED) is 0.875. The second kappa shape index (κ2) is 7.53. The second-order valence-corrected chi connectivity index (χ2v) is 5.74. The minimum absolute atomic E-state index is 0.159. The Hall–Kier alpha value is -1.45. The van der Waals surface area contributed by atoms with Crippen molar-refractivity contribution in [3.05, 3.63) is 58.1 Å². The standard InChI is InChI=1S/C17H22ClN3/c1-4-8-20-17(16-7-9-19-13(3)21-16)11-14-6-5-12(2)10-15(14)18/h5-7,9-10,17,20H,4,8,11H2,1-3H3. The molecule has 1 unspecified atom stereocenters. The highest BCUT2D eigenvalue weighted by atomic mass is 35.5. The molecule has 3 nitrogen and oxygen atoms in total. The number of nitrogens with one attached hydrogen (secondary N) is 1. The van der Waals surface area contributed by atoms with Gasteiger partial charge in [-0.2, -0.15) is 0 Å². The molecule has 0 spiro atoms. The molecule has 0 saturated heterocycles. The summed E-state index contributed by atoms with van der Waals surface area (Å²) in [6.45, 7) is 7.08. The summed E-state index contributed by atoms with van der Waals surface area (Å²) in [5.41, 5.74) is 3.35. The molecule has 0 fully saturated rings. The van der Waals surface area contributed by atoms with Gasteiger partial charge in [0.15, 0.2) is 0 Å². The van der Waals surface area contributed by atoms with E-state index in [1.165, 1.54) is 5.56 Å². The van der Waals surface area contributed by atoms with Gasteiger partial charge >= 0.3 is 0 Å². The van der Waals surface area contributed by atoms with Crippen molar-refractivity contribution < 1.29 is 0 Å². The van der Waals surface area contributed by atoms with E-state index in [0.717, 1.165) is 41.5 Å². The maximum atomic E-state index is 6.37. The summed E-state index contributed by atoms with van der Waals surface area (Å²) < 4.78 is 0. The Labute approximate surface area is 131 Å². The molecule has 2 aromatic rings. The number of nitrogens with zero attached hydrogens (tertiary/aromatic N) is 2. The number of rotatable bonds is 6. The molecule has 112 valence electrons. The van der Waals surface area contributed by atoms with Crippen LogP contribution in [0.25, 0.3) is 0 Å². The number of benzene rings is 1. The van der Waals surface area contributed by atoms with Gasteiger partial charge in [0.2, 0.25) is 0 Å². The summed E-state index contributed by atoms with van der Waals surface area (Å²) in [4.78, 5) is 8.73. The van der Waals surface area contributed by atoms with E-state index in [2.05, 4.69) is 41.3 Å². The predicted molar refractivity (Wildman–Crippen MR) is 87.7 cm³/mol. The zero-order chi connectivity index (χ0) is 15.2. The Balaban J connectivity index is 2.23. The van der Waals surface area contributed by atoms with E-state index < -0.39 is 0 Å². The number of hydrogen-bond donors (Lipinski definition) is 1. The minimum atomic E-state index is 0.159. The fraction of sp³-hybridized carbons (Fsp3) is 0.412. The van der Waals surface area contributed by atoms with Crippen molar-refractivity contribution in [2.24, 2.45) is 0 Å². The summed E-state index contributed by atoms with van der Waals surface area (Å²) in [6, 6.07) is 8.35. The lowest BCUT2D eigenvalue weighted by molar-refractivity contribution is 0.515. The van der Waals surface area contributed by atoms with Gasteiger partial charge in [0.05, 0.1) is 11.7 Å². The summed E-state index contributed by atoms with van der Waals surface area (Å²) >= 11 is 6.37. The predicted octanol–water partition coefficient (Wildman–Crippen LogP) is 4.03. The molecule has 0 aliphatic heterocycles. The highest BCUT2D eigenvalue weighted by molar-refractivity contribution is 6.31. The largest absolute Gasteiger partial charge is 0.308 e. The molecule has 0 bridgehead atoms.